The Morgan fingerprint density at radius 3 is 2.50 bits per heavy atom. The molecule has 1 aliphatic rings. The Labute approximate surface area is 81.2 Å². The number of hydrogen-bond donors (Lipinski definition) is 1. The molecule has 1 heterocycles. The van der Waals surface area contributed by atoms with Crippen LogP contribution in [0, 0.1) is 0 Å². The maximum absolute atomic E-state index is 10.6. The van der Waals surface area contributed by atoms with Gasteiger partial charge >= 0.3 is 29.2 Å². The van der Waals surface area contributed by atoms with Crippen molar-refractivity contribution in [3.63, 3.8) is 0 Å². The summed E-state index contributed by atoms with van der Waals surface area (Å²) < 4.78 is 24.9. The van der Waals surface area contributed by atoms with Gasteiger partial charge in [-0.25, -0.2) is 0 Å². The number of allylic oxidation sites excluding steroid dienone is 1. The molecule has 1 N–H and O–H groups in total. The zero-order valence-corrected chi connectivity index (χ0v) is 6.33. The Morgan fingerprint density at radius 1 is 1.58 bits per heavy atom. The van der Waals surface area contributed by atoms with Crippen molar-refractivity contribution in [3.8, 4) is 0 Å². The minimum atomic E-state index is -4.29. The standard InChI is InChI=1S/C4H5NO5S.Li.H/c1-3-2-4(6)5(7)11(8,9)10-3;;/h2,7H,1H3;;. The van der Waals surface area contributed by atoms with Crippen molar-refractivity contribution >= 4 is 35.1 Å². The van der Waals surface area contributed by atoms with E-state index in [2.05, 4.69) is 4.18 Å². The molecular weight excluding hydrogens is 181 g/mol. The van der Waals surface area contributed by atoms with Crippen molar-refractivity contribution in [2.24, 2.45) is 0 Å². The fourth-order valence-electron chi connectivity index (χ4n) is 0.565. The molecule has 64 valence electrons. The summed E-state index contributed by atoms with van der Waals surface area (Å²) in [7, 11) is -4.29. The molecule has 0 atom stereocenters. The van der Waals surface area contributed by atoms with Crippen LogP contribution in [0.3, 0.4) is 0 Å². The number of carbonyl (C=O) groups excluding carboxylic acids is 1. The van der Waals surface area contributed by atoms with Crippen molar-refractivity contribution in [3.05, 3.63) is 11.8 Å². The van der Waals surface area contributed by atoms with Gasteiger partial charge in [-0.05, 0) is 6.92 Å². The molecule has 0 saturated carbocycles. The van der Waals surface area contributed by atoms with Crippen molar-refractivity contribution in [1.29, 1.82) is 0 Å². The molecule has 0 bridgehead atoms. The summed E-state index contributed by atoms with van der Waals surface area (Å²) >= 11 is 0. The predicted molar refractivity (Wildman–Crippen MR) is 39.5 cm³/mol. The molecule has 0 saturated heterocycles. The van der Waals surface area contributed by atoms with Crippen LogP contribution in [0.4, 0.5) is 0 Å². The second kappa shape index (κ2) is 3.49. The maximum atomic E-state index is 10.6. The van der Waals surface area contributed by atoms with Crippen molar-refractivity contribution in [2.45, 2.75) is 6.92 Å². The first-order valence-electron chi connectivity index (χ1n) is 2.59. The molecule has 0 aliphatic carbocycles. The first kappa shape index (κ1) is 11.5. The van der Waals surface area contributed by atoms with Crippen LogP contribution in [-0.4, -0.2) is 42.9 Å². The SMILES string of the molecule is CC1=CC(=O)N(O)S(=O)(=O)O1.[LiH]. The van der Waals surface area contributed by atoms with E-state index in [9.17, 15) is 13.2 Å². The number of hydrogen-bond acceptors (Lipinski definition) is 5. The Kier molecular flexibility index (Phi) is 3.35. The fourth-order valence-corrected chi connectivity index (χ4v) is 1.29. The van der Waals surface area contributed by atoms with Crippen molar-refractivity contribution < 1.29 is 22.6 Å². The summed E-state index contributed by atoms with van der Waals surface area (Å²) in [6.45, 7) is 1.29. The molecule has 0 fully saturated rings. The van der Waals surface area contributed by atoms with Gasteiger partial charge in [0, 0.05) is 6.08 Å². The Hall–Kier alpha value is -0.483. The fraction of sp³-hybridized carbons (Fsp3) is 0.250. The third-order valence-corrected chi connectivity index (χ3v) is 2.04. The van der Waals surface area contributed by atoms with Gasteiger partial charge in [0.2, 0.25) is 0 Å². The number of hydroxylamine groups is 1. The van der Waals surface area contributed by atoms with Gasteiger partial charge in [0.15, 0.2) is 0 Å². The van der Waals surface area contributed by atoms with E-state index in [1.807, 2.05) is 0 Å². The summed E-state index contributed by atoms with van der Waals surface area (Å²) in [6.07, 6.45) is 0.862. The van der Waals surface area contributed by atoms with Gasteiger partial charge in [0.1, 0.15) is 5.76 Å². The first-order valence-corrected chi connectivity index (χ1v) is 3.96. The van der Waals surface area contributed by atoms with Crippen LogP contribution >= 0.6 is 0 Å². The summed E-state index contributed by atoms with van der Waals surface area (Å²) in [5, 5.41) is 8.55. The Morgan fingerprint density at radius 2 is 2.08 bits per heavy atom. The summed E-state index contributed by atoms with van der Waals surface area (Å²) in [4.78, 5) is 10.6. The van der Waals surface area contributed by atoms with E-state index in [4.69, 9.17) is 5.21 Å². The van der Waals surface area contributed by atoms with Gasteiger partial charge in [-0.1, -0.05) is 4.47 Å². The van der Waals surface area contributed by atoms with Crippen LogP contribution in [0.1, 0.15) is 6.92 Å². The van der Waals surface area contributed by atoms with Crippen LogP contribution in [0.2, 0.25) is 0 Å². The molecule has 12 heavy (non-hydrogen) atoms. The summed E-state index contributed by atoms with van der Waals surface area (Å²) in [5.74, 6) is -1.10. The molecule has 1 amide bonds. The van der Waals surface area contributed by atoms with Crippen molar-refractivity contribution in [2.75, 3.05) is 0 Å². The minimum absolute atomic E-state index is 0. The van der Waals surface area contributed by atoms with E-state index in [1.54, 1.807) is 0 Å². The second-order valence-electron chi connectivity index (χ2n) is 1.88. The molecular formula is C4H6LiNO5S. The van der Waals surface area contributed by atoms with Crippen LogP contribution in [0.5, 0.6) is 0 Å². The quantitative estimate of drug-likeness (QED) is 0.377. The molecule has 0 aromatic rings. The number of carbonyl (C=O) groups is 1. The van der Waals surface area contributed by atoms with E-state index in [-0.39, 0.29) is 24.6 Å². The first-order chi connectivity index (χ1) is 4.93. The zero-order chi connectivity index (χ0) is 8.65. The summed E-state index contributed by atoms with van der Waals surface area (Å²) in [5.41, 5.74) is 0. The van der Waals surface area contributed by atoms with Gasteiger partial charge in [-0.2, -0.15) is 8.42 Å². The van der Waals surface area contributed by atoms with Crippen LogP contribution < -0.4 is 0 Å². The van der Waals surface area contributed by atoms with Gasteiger partial charge in [0.25, 0.3) is 5.91 Å². The molecule has 1 rings (SSSR count). The van der Waals surface area contributed by atoms with E-state index >= 15 is 0 Å². The van der Waals surface area contributed by atoms with E-state index in [0.717, 1.165) is 6.08 Å². The number of nitrogens with zero attached hydrogens (tertiary/aromatic N) is 1. The normalized spacial score (nSPS) is 20.7. The van der Waals surface area contributed by atoms with E-state index < -0.39 is 20.7 Å². The van der Waals surface area contributed by atoms with E-state index in [0.29, 0.717) is 0 Å². The van der Waals surface area contributed by atoms with Crippen LogP contribution in [0.25, 0.3) is 0 Å². The average Bonchev–Trinajstić information content (AvgIpc) is 1.81. The molecule has 8 heteroatoms. The molecule has 0 unspecified atom stereocenters. The van der Waals surface area contributed by atoms with Crippen LogP contribution in [0.15, 0.2) is 11.8 Å². The predicted octanol–water partition coefficient (Wildman–Crippen LogP) is -1.27. The Bertz CT molecular complexity index is 320. The topological polar surface area (TPSA) is 83.9 Å². The molecule has 1 aliphatic heterocycles. The molecule has 0 aromatic heterocycles. The molecule has 0 spiro atoms. The monoisotopic (exact) mass is 187 g/mol. The van der Waals surface area contributed by atoms with E-state index in [1.165, 1.54) is 6.92 Å². The van der Waals surface area contributed by atoms with Crippen LogP contribution in [-0.2, 0) is 19.3 Å². The molecule has 0 aromatic carbocycles. The van der Waals surface area contributed by atoms with Gasteiger partial charge in [-0.3, -0.25) is 10.0 Å². The Balaban J connectivity index is 0.00000121. The number of amides is 1. The number of rotatable bonds is 0. The van der Waals surface area contributed by atoms with Gasteiger partial charge < -0.3 is 4.18 Å². The third kappa shape index (κ3) is 2.01. The average molecular weight is 187 g/mol. The van der Waals surface area contributed by atoms with Gasteiger partial charge in [-0.15, -0.1) is 0 Å². The zero-order valence-electron chi connectivity index (χ0n) is 5.51. The molecule has 0 radical (unpaired) electrons. The second-order valence-corrected chi connectivity index (χ2v) is 3.25. The van der Waals surface area contributed by atoms with Crippen molar-refractivity contribution in [1.82, 2.24) is 4.47 Å². The summed E-state index contributed by atoms with van der Waals surface area (Å²) in [6, 6.07) is 0. The third-order valence-electron chi connectivity index (χ3n) is 0.964. The van der Waals surface area contributed by atoms with Gasteiger partial charge in [0.05, 0.1) is 0 Å². The molecule has 6 nitrogen and oxygen atoms in total.